The van der Waals surface area contributed by atoms with Gasteiger partial charge in [-0.3, -0.25) is 0 Å². The Morgan fingerprint density at radius 3 is 2.69 bits per heavy atom. The van der Waals surface area contributed by atoms with Crippen LogP contribution in [0.5, 0.6) is 0 Å². The summed E-state index contributed by atoms with van der Waals surface area (Å²) in [6, 6.07) is 0. The summed E-state index contributed by atoms with van der Waals surface area (Å²) >= 11 is 0. The van der Waals surface area contributed by atoms with E-state index in [-0.39, 0.29) is 6.10 Å². The van der Waals surface area contributed by atoms with E-state index >= 15 is 0 Å². The second-order valence-electron chi connectivity index (χ2n) is 3.08. The van der Waals surface area contributed by atoms with Gasteiger partial charge in [0.2, 0.25) is 0 Å². The molecule has 0 saturated heterocycles. The highest BCUT2D eigenvalue weighted by Crippen LogP contribution is 2.01. The fourth-order valence-corrected chi connectivity index (χ4v) is 0.885. The first kappa shape index (κ1) is 12.2. The summed E-state index contributed by atoms with van der Waals surface area (Å²) in [5, 5.41) is 8.58. The van der Waals surface area contributed by atoms with Crippen LogP contribution in [-0.2, 0) is 9.53 Å². The summed E-state index contributed by atoms with van der Waals surface area (Å²) in [6.07, 6.45) is 3.62. The molecule has 0 aliphatic heterocycles. The zero-order chi connectivity index (χ0) is 10.3. The maximum atomic E-state index is 10.4. The minimum Gasteiger partial charge on any atom is -0.478 e. The summed E-state index contributed by atoms with van der Waals surface area (Å²) in [7, 11) is 0. The molecule has 13 heavy (non-hydrogen) atoms. The van der Waals surface area contributed by atoms with Crippen molar-refractivity contribution in [2.75, 3.05) is 6.61 Å². The largest absolute Gasteiger partial charge is 0.478 e. The Morgan fingerprint density at radius 2 is 2.23 bits per heavy atom. The topological polar surface area (TPSA) is 46.5 Å². The molecular formula is C10H18O3. The zero-order valence-corrected chi connectivity index (χ0v) is 8.54. The predicted octanol–water partition coefficient (Wildman–Crippen LogP) is 2.22. The Balaban J connectivity index is 3.78. The van der Waals surface area contributed by atoms with Gasteiger partial charge in [-0.2, -0.15) is 0 Å². The number of aliphatic carboxylic acids is 1. The normalized spacial score (nSPS) is 14.2. The second-order valence-corrected chi connectivity index (χ2v) is 3.08. The smallest absolute Gasteiger partial charge is 0.331 e. The Bertz CT molecular complexity index is 185. The number of hydrogen-bond acceptors (Lipinski definition) is 2. The molecule has 3 heteroatoms. The van der Waals surface area contributed by atoms with Gasteiger partial charge in [0.05, 0.1) is 6.10 Å². The molecule has 1 atom stereocenters. The molecule has 76 valence electrons. The summed E-state index contributed by atoms with van der Waals surface area (Å²) in [4.78, 5) is 10.4. The third-order valence-electron chi connectivity index (χ3n) is 1.70. The molecule has 1 unspecified atom stereocenters. The summed E-state index contributed by atoms with van der Waals surface area (Å²) in [5.41, 5.74) is 0.337. The fourth-order valence-electron chi connectivity index (χ4n) is 0.885. The molecule has 0 saturated carbocycles. The van der Waals surface area contributed by atoms with Crippen LogP contribution in [0.25, 0.3) is 0 Å². The Hall–Kier alpha value is -0.830. The molecule has 0 fully saturated rings. The average molecular weight is 186 g/mol. The second kappa shape index (κ2) is 6.66. The minimum absolute atomic E-state index is 0.109. The van der Waals surface area contributed by atoms with Crippen LogP contribution in [0.2, 0.25) is 0 Å². The molecule has 0 bridgehead atoms. The predicted molar refractivity (Wildman–Crippen MR) is 51.7 cm³/mol. The molecule has 0 aliphatic carbocycles. The van der Waals surface area contributed by atoms with E-state index in [1.165, 1.54) is 0 Å². The van der Waals surface area contributed by atoms with Crippen molar-refractivity contribution in [2.45, 2.75) is 39.7 Å². The van der Waals surface area contributed by atoms with Crippen LogP contribution < -0.4 is 0 Å². The summed E-state index contributed by atoms with van der Waals surface area (Å²) < 4.78 is 5.36. The lowest BCUT2D eigenvalue weighted by atomic mass is 10.2. The monoisotopic (exact) mass is 186 g/mol. The lowest BCUT2D eigenvalue weighted by molar-refractivity contribution is -0.132. The molecule has 0 spiro atoms. The third-order valence-corrected chi connectivity index (χ3v) is 1.70. The molecule has 0 amide bonds. The van der Waals surface area contributed by atoms with E-state index < -0.39 is 5.97 Å². The van der Waals surface area contributed by atoms with Crippen molar-refractivity contribution >= 4 is 5.97 Å². The number of carboxylic acid groups (broad SMARTS) is 1. The van der Waals surface area contributed by atoms with Gasteiger partial charge in [-0.05, 0) is 26.3 Å². The number of carboxylic acids is 1. The molecule has 0 radical (unpaired) electrons. The number of carbonyl (C=O) groups is 1. The lowest BCUT2D eigenvalue weighted by Gasteiger charge is -2.08. The first-order chi connectivity index (χ1) is 6.07. The standard InChI is InChI=1S/C10H18O3/c1-4-5-6-13-9(3)7-8(2)10(11)12/h7,9H,4-6H2,1-3H3,(H,11,12)/b8-7+. The quantitative estimate of drug-likeness (QED) is 0.511. The van der Waals surface area contributed by atoms with E-state index in [1.54, 1.807) is 13.0 Å². The Morgan fingerprint density at radius 1 is 1.62 bits per heavy atom. The van der Waals surface area contributed by atoms with Gasteiger partial charge in [0.15, 0.2) is 0 Å². The van der Waals surface area contributed by atoms with Gasteiger partial charge in [0, 0.05) is 12.2 Å². The van der Waals surface area contributed by atoms with Crippen molar-refractivity contribution in [3.63, 3.8) is 0 Å². The van der Waals surface area contributed by atoms with E-state index in [4.69, 9.17) is 9.84 Å². The van der Waals surface area contributed by atoms with Crippen molar-refractivity contribution < 1.29 is 14.6 Å². The highest BCUT2D eigenvalue weighted by molar-refractivity contribution is 5.85. The highest BCUT2D eigenvalue weighted by atomic mass is 16.5. The average Bonchev–Trinajstić information content (AvgIpc) is 2.04. The summed E-state index contributed by atoms with van der Waals surface area (Å²) in [6.45, 7) is 6.21. The van der Waals surface area contributed by atoms with Crippen molar-refractivity contribution in [1.82, 2.24) is 0 Å². The minimum atomic E-state index is -0.883. The van der Waals surface area contributed by atoms with Gasteiger partial charge >= 0.3 is 5.97 Å². The maximum Gasteiger partial charge on any atom is 0.331 e. The van der Waals surface area contributed by atoms with E-state index in [1.807, 2.05) is 6.92 Å². The van der Waals surface area contributed by atoms with Crippen LogP contribution in [0.1, 0.15) is 33.6 Å². The van der Waals surface area contributed by atoms with Crippen LogP contribution in [0, 0.1) is 0 Å². The molecule has 0 aromatic heterocycles. The van der Waals surface area contributed by atoms with E-state index in [9.17, 15) is 4.79 Å². The molecule has 0 aliphatic rings. The first-order valence-electron chi connectivity index (χ1n) is 4.61. The van der Waals surface area contributed by atoms with E-state index in [0.717, 1.165) is 12.8 Å². The maximum absolute atomic E-state index is 10.4. The number of unbranched alkanes of at least 4 members (excludes halogenated alkanes) is 1. The number of hydrogen-bond donors (Lipinski definition) is 1. The Labute approximate surface area is 79.4 Å². The van der Waals surface area contributed by atoms with Gasteiger partial charge < -0.3 is 9.84 Å². The van der Waals surface area contributed by atoms with Crippen LogP contribution in [-0.4, -0.2) is 23.8 Å². The molecule has 0 rings (SSSR count). The zero-order valence-electron chi connectivity index (χ0n) is 8.54. The van der Waals surface area contributed by atoms with E-state index in [0.29, 0.717) is 12.2 Å². The highest BCUT2D eigenvalue weighted by Gasteiger charge is 2.03. The SMILES string of the molecule is CCCCOC(C)/C=C(\C)C(=O)O. The molecule has 1 N–H and O–H groups in total. The van der Waals surface area contributed by atoms with Crippen LogP contribution in [0.3, 0.4) is 0 Å². The van der Waals surface area contributed by atoms with Crippen molar-refractivity contribution in [1.29, 1.82) is 0 Å². The van der Waals surface area contributed by atoms with Crippen molar-refractivity contribution in [2.24, 2.45) is 0 Å². The van der Waals surface area contributed by atoms with Gasteiger partial charge in [-0.1, -0.05) is 13.3 Å². The summed E-state index contributed by atoms with van der Waals surface area (Å²) in [5.74, 6) is -0.883. The van der Waals surface area contributed by atoms with Crippen LogP contribution in [0.15, 0.2) is 11.6 Å². The van der Waals surface area contributed by atoms with E-state index in [2.05, 4.69) is 6.92 Å². The third kappa shape index (κ3) is 6.34. The van der Waals surface area contributed by atoms with Crippen LogP contribution in [0.4, 0.5) is 0 Å². The molecular weight excluding hydrogens is 168 g/mol. The fraction of sp³-hybridized carbons (Fsp3) is 0.700. The number of rotatable bonds is 6. The van der Waals surface area contributed by atoms with Gasteiger partial charge in [-0.15, -0.1) is 0 Å². The van der Waals surface area contributed by atoms with Crippen molar-refractivity contribution in [3.8, 4) is 0 Å². The molecule has 0 heterocycles. The molecule has 0 aromatic rings. The van der Waals surface area contributed by atoms with Gasteiger partial charge in [-0.25, -0.2) is 4.79 Å². The Kier molecular flexibility index (Phi) is 6.24. The van der Waals surface area contributed by atoms with Gasteiger partial charge in [0.1, 0.15) is 0 Å². The van der Waals surface area contributed by atoms with Crippen LogP contribution >= 0.6 is 0 Å². The van der Waals surface area contributed by atoms with Crippen molar-refractivity contribution in [3.05, 3.63) is 11.6 Å². The van der Waals surface area contributed by atoms with Gasteiger partial charge in [0.25, 0.3) is 0 Å². The lowest BCUT2D eigenvalue weighted by Crippen LogP contribution is -2.08. The molecule has 3 nitrogen and oxygen atoms in total. The first-order valence-corrected chi connectivity index (χ1v) is 4.61. The molecule has 0 aromatic carbocycles. The number of ether oxygens (including phenoxy) is 1.